The Labute approximate surface area is 186 Å². The van der Waals surface area contributed by atoms with Gasteiger partial charge in [-0.05, 0) is 35.7 Å². The summed E-state index contributed by atoms with van der Waals surface area (Å²) in [5.41, 5.74) is 7.87. The summed E-state index contributed by atoms with van der Waals surface area (Å²) >= 11 is 0. The monoisotopic (exact) mass is 420 g/mol. The molecule has 5 aromatic carbocycles. The lowest BCUT2D eigenvalue weighted by Crippen LogP contribution is -1.85. The molecular weight excluding hydrogens is 404 g/mol. The van der Waals surface area contributed by atoms with Crippen LogP contribution in [0.5, 0.6) is 0 Å². The number of nitrogens with zero attached hydrogens (tertiary/aromatic N) is 1. The van der Waals surface area contributed by atoms with Gasteiger partial charge in [0.15, 0.2) is 0 Å². The third kappa shape index (κ3) is 1.77. The standard InChI is InChI=1S/C30H16N2O/c1-2-13-26-16(6-1)21-14-20-19-9-3-8-18-17-7-4-10-22-28(17)29-23(31-22)11-5-12-24(29)32(30(18)19)25(20)15-27(21)33-26/h1-15,31H. The van der Waals surface area contributed by atoms with E-state index in [-0.39, 0.29) is 0 Å². The third-order valence-electron chi connectivity index (χ3n) is 7.44. The molecule has 4 aromatic heterocycles. The number of hydrogen-bond donors (Lipinski definition) is 1. The quantitative estimate of drug-likeness (QED) is 0.263. The minimum absolute atomic E-state index is 0.928. The summed E-state index contributed by atoms with van der Waals surface area (Å²) in [6.07, 6.45) is 0. The first-order chi connectivity index (χ1) is 16.4. The fourth-order valence-corrected chi connectivity index (χ4v) is 6.14. The van der Waals surface area contributed by atoms with Gasteiger partial charge in [-0.2, -0.15) is 0 Å². The van der Waals surface area contributed by atoms with Crippen molar-refractivity contribution in [2.45, 2.75) is 0 Å². The largest absolute Gasteiger partial charge is 0.456 e. The highest BCUT2D eigenvalue weighted by atomic mass is 16.3. The third-order valence-corrected chi connectivity index (χ3v) is 7.44. The topological polar surface area (TPSA) is 33.3 Å². The van der Waals surface area contributed by atoms with E-state index in [1.165, 1.54) is 70.7 Å². The van der Waals surface area contributed by atoms with Crippen LogP contribution in [0.2, 0.25) is 0 Å². The highest BCUT2D eigenvalue weighted by Gasteiger charge is 2.20. The molecule has 3 nitrogen and oxygen atoms in total. The molecule has 0 atom stereocenters. The summed E-state index contributed by atoms with van der Waals surface area (Å²) in [6.45, 7) is 0. The molecule has 0 unspecified atom stereocenters. The second-order valence-corrected chi connectivity index (χ2v) is 9.05. The van der Waals surface area contributed by atoms with Crippen molar-refractivity contribution >= 4 is 81.8 Å². The van der Waals surface area contributed by atoms with Crippen LogP contribution in [0.25, 0.3) is 81.8 Å². The van der Waals surface area contributed by atoms with E-state index >= 15 is 0 Å². The number of hydrogen-bond acceptors (Lipinski definition) is 1. The van der Waals surface area contributed by atoms with E-state index in [9.17, 15) is 0 Å². The van der Waals surface area contributed by atoms with E-state index in [4.69, 9.17) is 4.42 Å². The summed E-state index contributed by atoms with van der Waals surface area (Å²) in [4.78, 5) is 3.65. The maximum Gasteiger partial charge on any atom is 0.137 e. The van der Waals surface area contributed by atoms with Gasteiger partial charge in [0.25, 0.3) is 0 Å². The minimum Gasteiger partial charge on any atom is -0.456 e. The SMILES string of the molecule is c1ccc2c(c1)oc1cc3c(cc12)c1cccc2c4cccc5[nH]c6cccc(c6c54)n3c21. The second-order valence-electron chi connectivity index (χ2n) is 9.05. The molecule has 0 spiro atoms. The molecule has 0 bridgehead atoms. The average molecular weight is 420 g/mol. The Balaban J connectivity index is 1.69. The van der Waals surface area contributed by atoms with E-state index < -0.39 is 0 Å². The van der Waals surface area contributed by atoms with Gasteiger partial charge in [0, 0.05) is 54.8 Å². The van der Waals surface area contributed by atoms with Crippen LogP contribution >= 0.6 is 0 Å². The Bertz CT molecular complexity index is 2240. The maximum absolute atomic E-state index is 6.29. The van der Waals surface area contributed by atoms with Crippen LogP contribution in [0.1, 0.15) is 0 Å². The molecule has 0 aliphatic heterocycles. The van der Waals surface area contributed by atoms with Gasteiger partial charge in [-0.3, -0.25) is 0 Å². The van der Waals surface area contributed by atoms with E-state index in [1.54, 1.807) is 0 Å². The molecule has 1 N–H and O–H groups in total. The molecule has 0 radical (unpaired) electrons. The van der Waals surface area contributed by atoms with Crippen LogP contribution in [-0.2, 0) is 0 Å². The molecule has 0 amide bonds. The molecule has 0 aliphatic rings. The fraction of sp³-hybridized carbons (Fsp3) is 0. The van der Waals surface area contributed by atoms with Gasteiger partial charge < -0.3 is 13.8 Å². The predicted molar refractivity (Wildman–Crippen MR) is 138 cm³/mol. The molecular formula is C30H16N2O. The Morgan fingerprint density at radius 1 is 0.515 bits per heavy atom. The zero-order valence-electron chi connectivity index (χ0n) is 17.5. The zero-order chi connectivity index (χ0) is 21.3. The van der Waals surface area contributed by atoms with Crippen LogP contribution in [0, 0.1) is 0 Å². The predicted octanol–water partition coefficient (Wildman–Crippen LogP) is 8.37. The van der Waals surface area contributed by atoms with E-state index in [2.05, 4.69) is 88.2 Å². The molecule has 0 saturated carbocycles. The normalized spacial score (nSPS) is 12.8. The number of fused-ring (bicyclic) bond motifs is 8. The van der Waals surface area contributed by atoms with Crippen molar-refractivity contribution in [3.8, 4) is 0 Å². The van der Waals surface area contributed by atoms with E-state index in [0.717, 1.165) is 11.2 Å². The van der Waals surface area contributed by atoms with Crippen molar-refractivity contribution in [2.75, 3.05) is 0 Å². The lowest BCUT2D eigenvalue weighted by Gasteiger charge is -2.01. The van der Waals surface area contributed by atoms with Crippen molar-refractivity contribution in [3.63, 3.8) is 0 Å². The van der Waals surface area contributed by atoms with Crippen molar-refractivity contribution in [1.82, 2.24) is 9.38 Å². The van der Waals surface area contributed by atoms with Gasteiger partial charge >= 0.3 is 0 Å². The summed E-state index contributed by atoms with van der Waals surface area (Å²) in [5.74, 6) is 0. The Kier molecular flexibility index (Phi) is 2.59. The van der Waals surface area contributed by atoms with Crippen LogP contribution in [0.15, 0.2) is 95.4 Å². The molecule has 0 aliphatic carbocycles. The second kappa shape index (κ2) is 5.28. The first-order valence-electron chi connectivity index (χ1n) is 11.3. The number of H-pyrrole nitrogens is 1. The highest BCUT2D eigenvalue weighted by Crippen LogP contribution is 2.43. The average Bonchev–Trinajstić information content (AvgIpc) is 3.48. The molecule has 9 rings (SSSR count). The Morgan fingerprint density at radius 2 is 1.24 bits per heavy atom. The zero-order valence-corrected chi connectivity index (χ0v) is 17.5. The molecule has 33 heavy (non-hydrogen) atoms. The Morgan fingerprint density at radius 3 is 2.18 bits per heavy atom. The van der Waals surface area contributed by atoms with Gasteiger partial charge in [-0.15, -0.1) is 0 Å². The number of benzene rings is 5. The summed E-state index contributed by atoms with van der Waals surface area (Å²) in [6, 6.07) is 32.7. The lowest BCUT2D eigenvalue weighted by atomic mass is 10.0. The molecule has 0 saturated heterocycles. The first kappa shape index (κ1) is 16.2. The van der Waals surface area contributed by atoms with Crippen LogP contribution in [0.4, 0.5) is 0 Å². The van der Waals surface area contributed by atoms with Gasteiger partial charge in [-0.1, -0.05) is 54.6 Å². The van der Waals surface area contributed by atoms with Gasteiger partial charge in [0.1, 0.15) is 11.2 Å². The van der Waals surface area contributed by atoms with E-state index in [1.807, 2.05) is 12.1 Å². The lowest BCUT2D eigenvalue weighted by molar-refractivity contribution is 0.669. The highest BCUT2D eigenvalue weighted by molar-refractivity contribution is 6.31. The van der Waals surface area contributed by atoms with Crippen LogP contribution < -0.4 is 0 Å². The van der Waals surface area contributed by atoms with Crippen molar-refractivity contribution < 1.29 is 4.42 Å². The number of aromatic nitrogens is 2. The first-order valence-corrected chi connectivity index (χ1v) is 11.3. The van der Waals surface area contributed by atoms with Gasteiger partial charge in [-0.25, -0.2) is 0 Å². The fourth-order valence-electron chi connectivity index (χ4n) is 6.14. The minimum atomic E-state index is 0.928. The molecule has 3 heteroatoms. The van der Waals surface area contributed by atoms with Crippen LogP contribution in [-0.4, -0.2) is 9.38 Å². The number of rotatable bonds is 0. The molecule has 152 valence electrons. The van der Waals surface area contributed by atoms with Crippen molar-refractivity contribution in [1.29, 1.82) is 0 Å². The summed E-state index contributed by atoms with van der Waals surface area (Å²) < 4.78 is 8.74. The Hall–Kier alpha value is -4.50. The van der Waals surface area contributed by atoms with Gasteiger partial charge in [0.2, 0.25) is 0 Å². The van der Waals surface area contributed by atoms with Gasteiger partial charge in [0.05, 0.1) is 16.6 Å². The summed E-state index contributed by atoms with van der Waals surface area (Å²) in [7, 11) is 0. The smallest absolute Gasteiger partial charge is 0.137 e. The number of para-hydroxylation sites is 2. The van der Waals surface area contributed by atoms with Crippen molar-refractivity contribution in [2.24, 2.45) is 0 Å². The molecule has 9 aromatic rings. The number of aromatic amines is 1. The maximum atomic E-state index is 6.29. The van der Waals surface area contributed by atoms with Crippen molar-refractivity contribution in [3.05, 3.63) is 91.0 Å². The van der Waals surface area contributed by atoms with Crippen LogP contribution in [0.3, 0.4) is 0 Å². The number of nitrogens with one attached hydrogen (secondary N) is 1. The molecule has 4 heterocycles. The number of furan rings is 1. The summed E-state index contributed by atoms with van der Waals surface area (Å²) in [5, 5.41) is 10.0. The molecule has 0 fully saturated rings. The van der Waals surface area contributed by atoms with E-state index in [0.29, 0.717) is 0 Å².